The number of carbonyl (C=O) groups excluding carboxylic acids is 2. The second-order valence-electron chi connectivity index (χ2n) is 8.44. The van der Waals surface area contributed by atoms with Gasteiger partial charge in [-0.25, -0.2) is 0 Å². The Morgan fingerprint density at radius 3 is 2.35 bits per heavy atom. The van der Waals surface area contributed by atoms with Gasteiger partial charge in [0.2, 0.25) is 11.8 Å². The van der Waals surface area contributed by atoms with Gasteiger partial charge in [0, 0.05) is 34.6 Å². The fourth-order valence-corrected chi connectivity index (χ4v) is 4.37. The van der Waals surface area contributed by atoms with Crippen LogP contribution < -0.4 is 14.8 Å². The number of amides is 2. The number of ether oxygens (including phenoxy) is 2. The monoisotopic (exact) mass is 506 g/mol. The van der Waals surface area contributed by atoms with E-state index in [4.69, 9.17) is 32.7 Å². The first-order valence-corrected chi connectivity index (χ1v) is 12.5. The van der Waals surface area contributed by atoms with Crippen molar-refractivity contribution in [2.75, 3.05) is 13.2 Å². The van der Waals surface area contributed by atoms with E-state index in [2.05, 4.69) is 5.32 Å². The van der Waals surface area contributed by atoms with Gasteiger partial charge in [0.1, 0.15) is 19.3 Å². The number of benzene rings is 2. The minimum Gasteiger partial charge on any atom is -0.486 e. The maximum atomic E-state index is 13.5. The van der Waals surface area contributed by atoms with Gasteiger partial charge in [-0.1, -0.05) is 49.2 Å². The van der Waals surface area contributed by atoms with E-state index in [-0.39, 0.29) is 30.8 Å². The summed E-state index contributed by atoms with van der Waals surface area (Å²) in [7, 11) is 0. The molecule has 0 spiro atoms. The van der Waals surface area contributed by atoms with Gasteiger partial charge in [0.25, 0.3) is 0 Å². The number of rotatable bonds is 10. The van der Waals surface area contributed by atoms with E-state index in [1.807, 2.05) is 39.0 Å². The number of nitrogens with one attached hydrogen (secondary N) is 1. The summed E-state index contributed by atoms with van der Waals surface area (Å²) in [4.78, 5) is 28.2. The van der Waals surface area contributed by atoms with Crippen molar-refractivity contribution in [3.63, 3.8) is 0 Å². The third kappa shape index (κ3) is 6.57. The van der Waals surface area contributed by atoms with Gasteiger partial charge < -0.3 is 19.7 Å². The Morgan fingerprint density at radius 1 is 1.03 bits per heavy atom. The molecule has 6 nitrogen and oxygen atoms in total. The van der Waals surface area contributed by atoms with Gasteiger partial charge in [-0.15, -0.1) is 0 Å². The fraction of sp³-hybridized carbons (Fsp3) is 0.462. The number of carbonyl (C=O) groups is 2. The lowest BCUT2D eigenvalue weighted by atomic mass is 10.0. The molecule has 184 valence electrons. The Balaban J connectivity index is 1.81. The second kappa shape index (κ2) is 12.3. The van der Waals surface area contributed by atoms with Crippen molar-refractivity contribution in [2.24, 2.45) is 0 Å². The molecule has 0 fully saturated rings. The molecule has 2 atom stereocenters. The molecule has 2 aromatic carbocycles. The molecule has 8 heteroatoms. The van der Waals surface area contributed by atoms with E-state index in [0.717, 1.165) is 12.0 Å². The molecule has 1 aliphatic heterocycles. The molecule has 0 saturated carbocycles. The summed E-state index contributed by atoms with van der Waals surface area (Å²) in [5.74, 6) is 1.09. The first-order valence-electron chi connectivity index (χ1n) is 11.7. The predicted octanol–water partition coefficient (Wildman–Crippen LogP) is 5.42. The fourth-order valence-electron chi connectivity index (χ4n) is 3.85. The van der Waals surface area contributed by atoms with Gasteiger partial charge in [-0.3, -0.25) is 9.59 Å². The van der Waals surface area contributed by atoms with Crippen molar-refractivity contribution in [1.29, 1.82) is 0 Å². The minimum absolute atomic E-state index is 0.0140. The third-order valence-corrected chi connectivity index (χ3v) is 6.72. The van der Waals surface area contributed by atoms with Crippen LogP contribution >= 0.6 is 23.2 Å². The summed E-state index contributed by atoms with van der Waals surface area (Å²) in [5.41, 5.74) is 1.60. The van der Waals surface area contributed by atoms with E-state index in [1.54, 1.807) is 23.1 Å². The van der Waals surface area contributed by atoms with Crippen LogP contribution in [0.5, 0.6) is 11.5 Å². The quantitative estimate of drug-likeness (QED) is 0.467. The standard InChI is InChI=1S/C26H32Cl2N2O4/c1-4-17(3)29-26(32)22(5-2)30(16-19-20(27)7-6-8-21(19)28)25(31)12-10-18-9-11-23-24(15-18)34-14-13-33-23/h6-9,11,15,17,22H,4-5,10,12-14,16H2,1-3H3,(H,29,32)/t17-,22-/m1/s1. The zero-order valence-corrected chi connectivity index (χ0v) is 21.4. The van der Waals surface area contributed by atoms with Crippen LogP contribution in [0, 0.1) is 0 Å². The van der Waals surface area contributed by atoms with Gasteiger partial charge in [0.15, 0.2) is 11.5 Å². The molecule has 1 aliphatic rings. The maximum Gasteiger partial charge on any atom is 0.243 e. The van der Waals surface area contributed by atoms with E-state index >= 15 is 0 Å². The van der Waals surface area contributed by atoms with Gasteiger partial charge in [-0.2, -0.15) is 0 Å². The van der Waals surface area contributed by atoms with Crippen molar-refractivity contribution >= 4 is 35.0 Å². The summed E-state index contributed by atoms with van der Waals surface area (Å²) in [6.45, 7) is 7.04. The molecule has 0 aromatic heterocycles. The van der Waals surface area contributed by atoms with Crippen LogP contribution in [0.2, 0.25) is 10.0 Å². The number of nitrogens with zero attached hydrogens (tertiary/aromatic N) is 1. The van der Waals surface area contributed by atoms with Gasteiger partial charge in [-0.05, 0) is 56.0 Å². The van der Waals surface area contributed by atoms with Crippen LogP contribution in [0.15, 0.2) is 36.4 Å². The van der Waals surface area contributed by atoms with Crippen LogP contribution in [0.3, 0.4) is 0 Å². The average Bonchev–Trinajstić information content (AvgIpc) is 2.83. The molecule has 3 rings (SSSR count). The van der Waals surface area contributed by atoms with E-state index in [0.29, 0.717) is 53.2 Å². The molecule has 1 heterocycles. The topological polar surface area (TPSA) is 67.9 Å². The van der Waals surface area contributed by atoms with Crippen molar-refractivity contribution in [3.8, 4) is 11.5 Å². The van der Waals surface area contributed by atoms with E-state index in [1.165, 1.54) is 0 Å². The van der Waals surface area contributed by atoms with Crippen LogP contribution in [-0.4, -0.2) is 42.0 Å². The van der Waals surface area contributed by atoms with E-state index < -0.39 is 6.04 Å². The van der Waals surface area contributed by atoms with E-state index in [9.17, 15) is 9.59 Å². The number of hydrogen-bond donors (Lipinski definition) is 1. The highest BCUT2D eigenvalue weighted by Gasteiger charge is 2.30. The molecular weight excluding hydrogens is 475 g/mol. The van der Waals surface area contributed by atoms with Crippen molar-refractivity contribution in [1.82, 2.24) is 10.2 Å². The van der Waals surface area contributed by atoms with Crippen molar-refractivity contribution < 1.29 is 19.1 Å². The Hall–Kier alpha value is -2.44. The number of fused-ring (bicyclic) bond motifs is 1. The average molecular weight is 507 g/mol. The smallest absolute Gasteiger partial charge is 0.243 e. The van der Waals surface area contributed by atoms with Crippen LogP contribution in [-0.2, 0) is 22.6 Å². The molecule has 0 bridgehead atoms. The largest absolute Gasteiger partial charge is 0.486 e. The lowest BCUT2D eigenvalue weighted by Crippen LogP contribution is -2.50. The SMILES string of the molecule is CC[C@@H](C)NC(=O)[C@@H](CC)N(Cc1c(Cl)cccc1Cl)C(=O)CCc1ccc2c(c1)OCCO2. The summed E-state index contributed by atoms with van der Waals surface area (Å²) >= 11 is 12.8. The van der Waals surface area contributed by atoms with Crippen molar-refractivity contribution in [2.45, 2.75) is 65.1 Å². The summed E-state index contributed by atoms with van der Waals surface area (Å²) in [5, 5.41) is 3.94. The molecular formula is C26H32Cl2N2O4. The lowest BCUT2D eigenvalue weighted by Gasteiger charge is -2.32. The molecule has 2 amide bonds. The molecule has 0 unspecified atom stereocenters. The Bertz CT molecular complexity index is 994. The van der Waals surface area contributed by atoms with Gasteiger partial charge >= 0.3 is 0 Å². The highest BCUT2D eigenvalue weighted by molar-refractivity contribution is 6.36. The van der Waals surface area contributed by atoms with Crippen LogP contribution in [0.25, 0.3) is 0 Å². The number of hydrogen-bond acceptors (Lipinski definition) is 4. The summed E-state index contributed by atoms with van der Waals surface area (Å²) in [6.07, 6.45) is 2.01. The second-order valence-corrected chi connectivity index (χ2v) is 9.26. The Morgan fingerprint density at radius 2 is 1.71 bits per heavy atom. The number of halogens is 2. The highest BCUT2D eigenvalue weighted by atomic mass is 35.5. The van der Waals surface area contributed by atoms with Crippen LogP contribution in [0.1, 0.15) is 51.2 Å². The molecule has 0 radical (unpaired) electrons. The first-order chi connectivity index (χ1) is 16.3. The zero-order valence-electron chi connectivity index (χ0n) is 19.9. The molecule has 34 heavy (non-hydrogen) atoms. The predicted molar refractivity (Wildman–Crippen MR) is 135 cm³/mol. The minimum atomic E-state index is -0.630. The highest BCUT2D eigenvalue weighted by Crippen LogP contribution is 2.31. The number of aryl methyl sites for hydroxylation is 1. The summed E-state index contributed by atoms with van der Waals surface area (Å²) in [6, 6.07) is 10.3. The zero-order chi connectivity index (χ0) is 24.7. The van der Waals surface area contributed by atoms with Crippen molar-refractivity contribution in [3.05, 3.63) is 57.6 Å². The van der Waals surface area contributed by atoms with Gasteiger partial charge in [0.05, 0.1) is 0 Å². The first kappa shape index (κ1) is 26.2. The lowest BCUT2D eigenvalue weighted by molar-refractivity contribution is -0.141. The normalized spacial score (nSPS) is 14.3. The van der Waals surface area contributed by atoms with Crippen LogP contribution in [0.4, 0.5) is 0 Å². The third-order valence-electron chi connectivity index (χ3n) is 6.01. The molecule has 1 N–H and O–H groups in total. The Labute approximate surface area is 211 Å². The summed E-state index contributed by atoms with van der Waals surface area (Å²) < 4.78 is 11.2. The molecule has 2 aromatic rings. The molecule has 0 aliphatic carbocycles. The maximum absolute atomic E-state index is 13.5. The Kier molecular flexibility index (Phi) is 9.48. The molecule has 0 saturated heterocycles.